The quantitative estimate of drug-likeness (QED) is 0.719. The molecule has 1 aliphatic carbocycles. The van der Waals surface area contributed by atoms with E-state index in [1.807, 2.05) is 0 Å². The van der Waals surface area contributed by atoms with Gasteiger partial charge in [0.15, 0.2) is 0 Å². The Morgan fingerprint density at radius 3 is 1.79 bits per heavy atom. The van der Waals surface area contributed by atoms with Gasteiger partial charge in [0.2, 0.25) is 0 Å². The van der Waals surface area contributed by atoms with E-state index in [9.17, 15) is 4.79 Å². The van der Waals surface area contributed by atoms with Crippen molar-refractivity contribution >= 4 is 40.7 Å². The Labute approximate surface area is 96.9 Å². The molecule has 0 bridgehead atoms. The van der Waals surface area contributed by atoms with Crippen LogP contribution in [0, 0.1) is 0 Å². The number of carbonyl (C=O) groups is 1. The van der Waals surface area contributed by atoms with Crippen molar-refractivity contribution in [1.82, 2.24) is 0 Å². The molecule has 1 aromatic rings. The summed E-state index contributed by atoms with van der Waals surface area (Å²) in [6.07, 6.45) is 1.24. The highest BCUT2D eigenvalue weighted by molar-refractivity contribution is 6.76. The number of alkyl halides is 3. The van der Waals surface area contributed by atoms with Crippen molar-refractivity contribution < 1.29 is 4.79 Å². The van der Waals surface area contributed by atoms with Crippen molar-refractivity contribution in [3.05, 3.63) is 35.4 Å². The molecule has 1 amide bonds. The molecule has 76 valence electrons. The maximum atomic E-state index is 9.85. The van der Waals surface area contributed by atoms with E-state index >= 15 is 0 Å². The van der Waals surface area contributed by atoms with Crippen LogP contribution in [0.4, 0.5) is 0 Å². The number of fused-ring (bicyclic) bond motifs is 1. The monoisotopic (exact) mass is 251 g/mol. The van der Waals surface area contributed by atoms with Gasteiger partial charge in [-0.3, -0.25) is 4.79 Å². The van der Waals surface area contributed by atoms with Gasteiger partial charge < -0.3 is 5.73 Å². The first kappa shape index (κ1) is 11.6. The minimum Gasteiger partial charge on any atom is -0.366 e. The zero-order valence-electron chi connectivity index (χ0n) is 7.14. The van der Waals surface area contributed by atoms with Gasteiger partial charge >= 0.3 is 0 Å². The number of hydrogen-bond acceptors (Lipinski definition) is 1. The van der Waals surface area contributed by atoms with E-state index in [-0.39, 0.29) is 0 Å². The van der Waals surface area contributed by atoms with E-state index in [2.05, 4.69) is 30.0 Å². The summed E-state index contributed by atoms with van der Waals surface area (Å²) in [4.78, 5) is 9.85. The van der Waals surface area contributed by atoms with Crippen LogP contribution in [-0.2, 0) is 11.2 Å². The van der Waals surface area contributed by atoms with E-state index in [0.29, 0.717) is 0 Å². The molecule has 0 spiro atoms. The van der Waals surface area contributed by atoms with E-state index < -0.39 is 9.70 Å². The SMILES string of the molecule is NC(=O)C(Cl)(Cl)Cl.c1ccc2c(c1)C2. The lowest BCUT2D eigenvalue weighted by Crippen LogP contribution is -2.27. The largest absolute Gasteiger partial charge is 0.366 e. The van der Waals surface area contributed by atoms with Gasteiger partial charge in [-0.05, 0) is 17.5 Å². The average molecular weight is 253 g/mol. The second kappa shape index (κ2) is 4.39. The van der Waals surface area contributed by atoms with E-state index in [1.54, 1.807) is 0 Å². The van der Waals surface area contributed by atoms with Crippen LogP contribution in [0.1, 0.15) is 11.1 Å². The summed E-state index contributed by atoms with van der Waals surface area (Å²) in [6, 6.07) is 8.53. The molecule has 5 heteroatoms. The van der Waals surface area contributed by atoms with E-state index in [0.717, 1.165) is 0 Å². The van der Waals surface area contributed by atoms with Gasteiger partial charge in [0.1, 0.15) is 0 Å². The van der Waals surface area contributed by atoms with E-state index in [1.165, 1.54) is 17.5 Å². The standard InChI is InChI=1S/C7H6.C2H2Cl3NO/c1-2-4-7-5-6(7)3-1;3-2(4,5)1(6)7/h1-4H,5H2;(H2,6,7). The number of hydrogen-bond donors (Lipinski definition) is 1. The summed E-state index contributed by atoms with van der Waals surface area (Å²) in [6.45, 7) is 0. The molecule has 0 fully saturated rings. The van der Waals surface area contributed by atoms with Gasteiger partial charge in [-0.15, -0.1) is 0 Å². The number of rotatable bonds is 0. The van der Waals surface area contributed by atoms with Crippen LogP contribution in [0.2, 0.25) is 0 Å². The topological polar surface area (TPSA) is 43.1 Å². The molecule has 2 nitrogen and oxygen atoms in total. The molecule has 0 saturated heterocycles. The molecule has 1 aromatic carbocycles. The molecule has 0 aromatic heterocycles. The summed E-state index contributed by atoms with van der Waals surface area (Å²) in [7, 11) is 0. The number of nitrogens with two attached hydrogens (primary N) is 1. The lowest BCUT2D eigenvalue weighted by molar-refractivity contribution is -0.117. The zero-order chi connectivity index (χ0) is 10.8. The lowest BCUT2D eigenvalue weighted by Gasteiger charge is -2.01. The molecule has 0 atom stereocenters. The Morgan fingerprint density at radius 1 is 1.21 bits per heavy atom. The van der Waals surface area contributed by atoms with Gasteiger partial charge in [0.25, 0.3) is 9.70 Å². The van der Waals surface area contributed by atoms with E-state index in [4.69, 9.17) is 34.8 Å². The second-order valence-electron chi connectivity index (χ2n) is 2.81. The molecule has 1 aliphatic rings. The number of carbonyl (C=O) groups excluding carboxylic acids is 1. The summed E-state index contributed by atoms with van der Waals surface area (Å²) >= 11 is 14.8. The van der Waals surface area contributed by atoms with Crippen molar-refractivity contribution in [3.63, 3.8) is 0 Å². The van der Waals surface area contributed by atoms with Crippen LogP contribution < -0.4 is 5.73 Å². The highest BCUT2D eigenvalue weighted by atomic mass is 35.6. The van der Waals surface area contributed by atoms with Gasteiger partial charge in [-0.1, -0.05) is 59.1 Å². The maximum Gasteiger partial charge on any atom is 0.269 e. The zero-order valence-corrected chi connectivity index (χ0v) is 9.40. The molecule has 14 heavy (non-hydrogen) atoms. The second-order valence-corrected chi connectivity index (χ2v) is 5.09. The van der Waals surface area contributed by atoms with Crippen molar-refractivity contribution in [2.24, 2.45) is 5.73 Å². The van der Waals surface area contributed by atoms with Crippen LogP contribution in [-0.4, -0.2) is 9.70 Å². The molecule has 0 saturated carbocycles. The Morgan fingerprint density at radius 2 is 1.57 bits per heavy atom. The Balaban J connectivity index is 0.000000140. The third-order valence-corrected chi connectivity index (χ3v) is 2.21. The Bertz CT molecular complexity index is 325. The average Bonchev–Trinajstić information content (AvgIpc) is 2.81. The smallest absolute Gasteiger partial charge is 0.269 e. The summed E-state index contributed by atoms with van der Waals surface area (Å²) in [5.41, 5.74) is 7.59. The van der Waals surface area contributed by atoms with Crippen molar-refractivity contribution in [2.45, 2.75) is 10.2 Å². The summed E-state index contributed by atoms with van der Waals surface area (Å²) in [5.74, 6) is -0.961. The lowest BCUT2D eigenvalue weighted by atomic mass is 10.4. The number of benzene rings is 1. The van der Waals surface area contributed by atoms with Gasteiger partial charge in [0, 0.05) is 0 Å². The fourth-order valence-electron chi connectivity index (χ4n) is 0.836. The van der Waals surface area contributed by atoms with Crippen LogP contribution in [0.5, 0.6) is 0 Å². The van der Waals surface area contributed by atoms with Gasteiger partial charge in [-0.2, -0.15) is 0 Å². The minimum absolute atomic E-state index is 0.961. The summed E-state index contributed by atoms with van der Waals surface area (Å²) in [5, 5.41) is 0. The third kappa shape index (κ3) is 3.74. The first-order valence-corrected chi connectivity index (χ1v) is 4.98. The van der Waals surface area contributed by atoms with Crippen molar-refractivity contribution in [2.75, 3.05) is 0 Å². The van der Waals surface area contributed by atoms with Crippen LogP contribution >= 0.6 is 34.8 Å². The predicted molar refractivity (Wildman–Crippen MR) is 58.7 cm³/mol. The fraction of sp³-hybridized carbons (Fsp3) is 0.222. The molecule has 2 rings (SSSR count). The molecule has 0 heterocycles. The normalized spacial score (nSPS) is 12.2. The Hall–Kier alpha value is -0.440. The number of halogens is 3. The van der Waals surface area contributed by atoms with Crippen LogP contribution in [0.25, 0.3) is 0 Å². The van der Waals surface area contributed by atoms with Gasteiger partial charge in [-0.25, -0.2) is 0 Å². The molecule has 0 radical (unpaired) electrons. The summed E-state index contributed by atoms with van der Waals surface area (Å²) < 4.78 is -1.94. The predicted octanol–water partition coefficient (Wildman–Crippen LogP) is 2.43. The maximum absolute atomic E-state index is 9.85. The first-order chi connectivity index (χ1) is 6.41. The number of primary amides is 1. The van der Waals surface area contributed by atoms with Crippen LogP contribution in [0.15, 0.2) is 24.3 Å². The highest BCUT2D eigenvalue weighted by Crippen LogP contribution is 2.25. The third-order valence-electron chi connectivity index (χ3n) is 1.65. The molecule has 0 aliphatic heterocycles. The molecule has 0 unspecified atom stereocenters. The van der Waals surface area contributed by atoms with Crippen LogP contribution in [0.3, 0.4) is 0 Å². The highest BCUT2D eigenvalue weighted by Gasteiger charge is 2.26. The molecular weight excluding hydrogens is 244 g/mol. The number of amides is 1. The molecule has 2 N–H and O–H groups in total. The van der Waals surface area contributed by atoms with Crippen molar-refractivity contribution in [1.29, 1.82) is 0 Å². The minimum atomic E-state index is -1.94. The molecular formula is C9H8Cl3NO. The fourth-order valence-corrected chi connectivity index (χ4v) is 0.836. The first-order valence-electron chi connectivity index (χ1n) is 3.84. The van der Waals surface area contributed by atoms with Crippen molar-refractivity contribution in [3.8, 4) is 0 Å². The van der Waals surface area contributed by atoms with Gasteiger partial charge in [0.05, 0.1) is 0 Å². The Kier molecular flexibility index (Phi) is 3.65.